The maximum absolute atomic E-state index is 12.3. The lowest BCUT2D eigenvalue weighted by Crippen LogP contribution is -2.55. The first-order valence-electron chi connectivity index (χ1n) is 12.1. The van der Waals surface area contributed by atoms with E-state index in [9.17, 15) is 9.59 Å². The molecule has 1 aromatic rings. The van der Waals surface area contributed by atoms with Crippen LogP contribution >= 0.6 is 11.6 Å². The fraction of sp³-hybridized carbons (Fsp3) is 0.480. The van der Waals surface area contributed by atoms with Crippen LogP contribution < -0.4 is 21.3 Å². The van der Waals surface area contributed by atoms with Gasteiger partial charge in [0, 0.05) is 37.1 Å². The fourth-order valence-corrected chi connectivity index (χ4v) is 4.58. The molecule has 0 unspecified atom stereocenters. The van der Waals surface area contributed by atoms with Crippen molar-refractivity contribution in [1.82, 2.24) is 25.8 Å². The molecular formula is C25H35ClN8O2. The second-order valence-corrected chi connectivity index (χ2v) is 9.71. The third-order valence-corrected chi connectivity index (χ3v) is 6.86. The predicted molar refractivity (Wildman–Crippen MR) is 144 cm³/mol. The predicted octanol–water partition coefficient (Wildman–Crippen LogP) is 3.77. The number of halogens is 1. The van der Waals surface area contributed by atoms with Crippen LogP contribution in [0.3, 0.4) is 0 Å². The number of aliphatic imine (C=N–C) groups is 1. The lowest BCUT2D eigenvalue weighted by Gasteiger charge is -2.37. The number of nitrogens with two attached hydrogens (primary N) is 1. The molecule has 0 atom stereocenters. The number of imide groups is 1. The Bertz CT molecular complexity index is 1160. The molecule has 3 rings (SSSR count). The molecule has 2 aliphatic rings. The van der Waals surface area contributed by atoms with Gasteiger partial charge in [0.15, 0.2) is 5.82 Å². The molecule has 10 nitrogen and oxygen atoms in total. The Balaban J connectivity index is 1.90. The van der Waals surface area contributed by atoms with Crippen molar-refractivity contribution in [3.63, 3.8) is 0 Å². The summed E-state index contributed by atoms with van der Waals surface area (Å²) in [4.78, 5) is 35.4. The second-order valence-electron chi connectivity index (χ2n) is 9.33. The molecule has 0 aromatic carbocycles. The van der Waals surface area contributed by atoms with E-state index in [1.54, 1.807) is 6.20 Å². The highest BCUT2D eigenvalue weighted by molar-refractivity contribution is 6.35. The third-order valence-electron chi connectivity index (χ3n) is 6.49. The second kappa shape index (κ2) is 11.6. The lowest BCUT2D eigenvalue weighted by atomic mass is 9.88. The number of piperidine rings is 1. The van der Waals surface area contributed by atoms with Gasteiger partial charge in [0.1, 0.15) is 16.4 Å². The number of H-pyrrole nitrogens is 1. The number of carbonyl (C=O) groups excluding carboxylic acids is 2. The smallest absolute Gasteiger partial charge is 0.322 e. The number of rotatable bonds is 6. The zero-order chi connectivity index (χ0) is 26.5. The Labute approximate surface area is 216 Å². The van der Waals surface area contributed by atoms with Gasteiger partial charge in [-0.1, -0.05) is 37.6 Å². The summed E-state index contributed by atoms with van der Waals surface area (Å²) in [6.45, 7) is 11.1. The molecule has 0 aliphatic carbocycles. The number of allylic oxidation sites excluding steroid dienone is 4. The van der Waals surface area contributed by atoms with E-state index in [1.165, 1.54) is 5.57 Å². The average molecular weight is 515 g/mol. The van der Waals surface area contributed by atoms with E-state index in [1.807, 2.05) is 38.0 Å². The van der Waals surface area contributed by atoms with E-state index >= 15 is 0 Å². The summed E-state index contributed by atoms with van der Waals surface area (Å²) >= 11 is 6.61. The van der Waals surface area contributed by atoms with Crippen LogP contribution in [0.2, 0.25) is 5.02 Å². The van der Waals surface area contributed by atoms with Crippen LogP contribution in [0, 0.1) is 12.8 Å². The molecule has 1 aromatic heterocycles. The molecule has 0 radical (unpaired) electrons. The van der Waals surface area contributed by atoms with Gasteiger partial charge in [-0.2, -0.15) is 5.10 Å². The number of nitrogens with zero attached hydrogens (tertiary/aromatic N) is 4. The number of hydrogen-bond donors (Lipinski definition) is 4. The minimum atomic E-state index is -0.893. The molecular weight excluding hydrogens is 480 g/mol. The minimum Gasteiger partial charge on any atom is -0.383 e. The fourth-order valence-electron chi connectivity index (χ4n) is 4.38. The van der Waals surface area contributed by atoms with Crippen LogP contribution in [0.4, 0.5) is 16.4 Å². The molecule has 3 heterocycles. The van der Waals surface area contributed by atoms with Crippen molar-refractivity contribution in [3.05, 3.63) is 45.9 Å². The van der Waals surface area contributed by atoms with Gasteiger partial charge >= 0.3 is 6.03 Å². The molecule has 3 amide bonds. The maximum atomic E-state index is 12.3. The van der Waals surface area contributed by atoms with Crippen molar-refractivity contribution >= 4 is 41.4 Å². The number of nitrogens with one attached hydrogen (secondary N) is 3. The zero-order valence-electron chi connectivity index (χ0n) is 21.5. The van der Waals surface area contributed by atoms with Crippen LogP contribution in [0.1, 0.15) is 51.8 Å². The van der Waals surface area contributed by atoms with Gasteiger partial charge in [-0.05, 0) is 50.7 Å². The quantitative estimate of drug-likeness (QED) is 0.258. The van der Waals surface area contributed by atoms with Gasteiger partial charge in [0.2, 0.25) is 0 Å². The number of amides is 3. The molecule has 2 aliphatic heterocycles. The van der Waals surface area contributed by atoms with Gasteiger partial charge in [0.25, 0.3) is 5.91 Å². The first-order chi connectivity index (χ1) is 17.1. The van der Waals surface area contributed by atoms with Crippen molar-refractivity contribution in [3.8, 4) is 0 Å². The van der Waals surface area contributed by atoms with Crippen LogP contribution in [0.5, 0.6) is 0 Å². The largest absolute Gasteiger partial charge is 0.383 e. The number of aromatic nitrogens is 3. The molecule has 2 fully saturated rings. The minimum absolute atomic E-state index is 0.174. The summed E-state index contributed by atoms with van der Waals surface area (Å²) in [5, 5.41) is 12.3. The lowest BCUT2D eigenvalue weighted by molar-refractivity contribution is -0.124. The van der Waals surface area contributed by atoms with E-state index in [0.717, 1.165) is 17.0 Å². The molecule has 11 heteroatoms. The molecule has 194 valence electrons. The molecule has 1 spiro atoms. The summed E-state index contributed by atoms with van der Waals surface area (Å²) in [5.41, 5.74) is 8.95. The monoisotopic (exact) mass is 514 g/mol. The highest BCUT2D eigenvalue weighted by Crippen LogP contribution is 2.32. The number of anilines is 2. The zero-order valence-corrected chi connectivity index (χ0v) is 22.2. The molecule has 0 bridgehead atoms. The molecule has 0 saturated carbocycles. The Morgan fingerprint density at radius 3 is 2.61 bits per heavy atom. The van der Waals surface area contributed by atoms with Crippen molar-refractivity contribution in [2.24, 2.45) is 10.9 Å². The normalized spacial score (nSPS) is 18.1. The van der Waals surface area contributed by atoms with Gasteiger partial charge < -0.3 is 16.0 Å². The topological polar surface area (TPSA) is 141 Å². The van der Waals surface area contributed by atoms with Gasteiger partial charge in [-0.3, -0.25) is 20.2 Å². The molecule has 36 heavy (non-hydrogen) atoms. The van der Waals surface area contributed by atoms with Crippen LogP contribution in [-0.4, -0.2) is 52.0 Å². The van der Waals surface area contributed by atoms with E-state index in [2.05, 4.69) is 45.7 Å². The molecule has 5 N–H and O–H groups in total. The van der Waals surface area contributed by atoms with Crippen LogP contribution in [-0.2, 0) is 11.2 Å². The van der Waals surface area contributed by atoms with Gasteiger partial charge in [-0.15, -0.1) is 0 Å². The van der Waals surface area contributed by atoms with E-state index < -0.39 is 11.6 Å². The number of nitrogen functional groups attached to an aromatic ring is 1. The molecule has 2 saturated heterocycles. The number of aryl methyl sites for hydroxylation is 1. The Kier molecular flexibility index (Phi) is 8.73. The van der Waals surface area contributed by atoms with Crippen LogP contribution in [0.25, 0.3) is 0 Å². The summed E-state index contributed by atoms with van der Waals surface area (Å²) in [6, 6.07) is -0.460. The van der Waals surface area contributed by atoms with Crippen LogP contribution in [0.15, 0.2) is 34.6 Å². The van der Waals surface area contributed by atoms with Crippen molar-refractivity contribution < 1.29 is 9.59 Å². The number of carbonyl (C=O) groups is 2. The maximum Gasteiger partial charge on any atom is 0.322 e. The van der Waals surface area contributed by atoms with Gasteiger partial charge in [-0.25, -0.2) is 9.78 Å². The summed E-state index contributed by atoms with van der Waals surface area (Å²) in [7, 11) is 0. The van der Waals surface area contributed by atoms with Crippen molar-refractivity contribution in [2.75, 3.05) is 23.7 Å². The number of urea groups is 1. The number of aromatic amines is 1. The number of hydrogen-bond acceptors (Lipinski definition) is 7. The van der Waals surface area contributed by atoms with Crippen molar-refractivity contribution in [1.29, 1.82) is 0 Å². The Morgan fingerprint density at radius 2 is 2.03 bits per heavy atom. The standard InChI is InChI=1S/C25H35ClN8O2/c1-6-7-19(15(2)3)17(5)28-11-8-18-14-29-33-21(27)20(26)22(30-16(18)4)34-12-9-25(10-13-34)23(35)31-24(36)32-25/h6-7,11,14-15,33H,8-10,12-13,27H2,1-5H3,(H2,31,32,35,36)/b7-6-,18-16?,19-17-,21-20?,28-11?,29-14?,30-22?. The Morgan fingerprint density at radius 1 is 1.33 bits per heavy atom. The highest BCUT2D eigenvalue weighted by Gasteiger charge is 2.48. The van der Waals surface area contributed by atoms with Crippen molar-refractivity contribution in [2.45, 2.75) is 59.4 Å². The first kappa shape index (κ1) is 27.2. The SMILES string of the molecule is C/C=C\C(=C(/C)N=CCc1cn[nH]c(N)c(Cl)c(N2CCC3(CC2)NC(=O)NC3=O)nc1C)C(C)C. The average Bonchev–Trinajstić information content (AvgIpc) is 3.12. The van der Waals surface area contributed by atoms with E-state index in [-0.39, 0.29) is 16.7 Å². The summed E-state index contributed by atoms with van der Waals surface area (Å²) in [6.07, 6.45) is 8.99. The highest BCUT2D eigenvalue weighted by atomic mass is 35.5. The Hall–Kier alpha value is -3.40. The van der Waals surface area contributed by atoms with Gasteiger partial charge in [0.05, 0.1) is 6.20 Å². The first-order valence-corrected chi connectivity index (χ1v) is 12.4. The van der Waals surface area contributed by atoms with E-state index in [4.69, 9.17) is 22.3 Å². The summed E-state index contributed by atoms with van der Waals surface area (Å²) < 4.78 is 0. The van der Waals surface area contributed by atoms with E-state index in [0.29, 0.717) is 44.1 Å². The summed E-state index contributed by atoms with van der Waals surface area (Å²) in [5.74, 6) is 0.737. The third kappa shape index (κ3) is 6.04.